The maximum atomic E-state index is 3.51. The molecule has 0 aromatic rings. The zero-order valence-corrected chi connectivity index (χ0v) is 9.60. The largest absolute Gasteiger partial charge is 0.316 e. The molecule has 2 atom stereocenters. The predicted octanol–water partition coefficient (Wildman–Crippen LogP) is 2.82. The van der Waals surface area contributed by atoms with Crippen molar-refractivity contribution in [3.8, 4) is 11.8 Å². The summed E-state index contributed by atoms with van der Waals surface area (Å²) in [4.78, 5) is 0. The van der Waals surface area contributed by atoms with Gasteiger partial charge in [-0.25, -0.2) is 0 Å². The molecule has 1 N–H and O–H groups in total. The van der Waals surface area contributed by atoms with Crippen molar-refractivity contribution in [2.45, 2.75) is 46.0 Å². The van der Waals surface area contributed by atoms with Crippen LogP contribution in [0.5, 0.6) is 0 Å². The molecule has 1 rings (SSSR count). The molecule has 1 fully saturated rings. The molecule has 0 heterocycles. The second kappa shape index (κ2) is 6.90. The van der Waals surface area contributed by atoms with Gasteiger partial charge in [-0.1, -0.05) is 19.8 Å². The van der Waals surface area contributed by atoms with E-state index < -0.39 is 0 Å². The maximum absolute atomic E-state index is 3.51. The number of rotatable bonds is 4. The predicted molar refractivity (Wildman–Crippen MR) is 62.1 cm³/mol. The number of nitrogens with one attached hydrogen (secondary N) is 1. The van der Waals surface area contributed by atoms with E-state index in [4.69, 9.17) is 0 Å². The van der Waals surface area contributed by atoms with Gasteiger partial charge < -0.3 is 5.32 Å². The van der Waals surface area contributed by atoms with Gasteiger partial charge in [0.2, 0.25) is 0 Å². The van der Waals surface area contributed by atoms with E-state index in [1.807, 2.05) is 6.92 Å². The molecule has 0 aromatic carbocycles. The van der Waals surface area contributed by atoms with Gasteiger partial charge in [-0.3, -0.25) is 0 Å². The first kappa shape index (κ1) is 11.6. The summed E-state index contributed by atoms with van der Waals surface area (Å²) >= 11 is 0. The van der Waals surface area contributed by atoms with Crippen LogP contribution in [0.15, 0.2) is 0 Å². The highest BCUT2D eigenvalue weighted by Crippen LogP contribution is 2.27. The standard InChI is InChI=1S/C13H23N/c1-3-4-5-9-14-11-13-8-6-7-12(2)10-13/h12-14H,5-11H2,1-2H3. The summed E-state index contributed by atoms with van der Waals surface area (Å²) in [5, 5.41) is 3.51. The third kappa shape index (κ3) is 4.67. The summed E-state index contributed by atoms with van der Waals surface area (Å²) in [6, 6.07) is 0. The fraction of sp³-hybridized carbons (Fsp3) is 0.846. The van der Waals surface area contributed by atoms with Crippen LogP contribution in [0.4, 0.5) is 0 Å². The van der Waals surface area contributed by atoms with Gasteiger partial charge in [0.05, 0.1) is 0 Å². The molecule has 0 aromatic heterocycles. The zero-order valence-electron chi connectivity index (χ0n) is 9.60. The average Bonchev–Trinajstić information content (AvgIpc) is 2.18. The Balaban J connectivity index is 2.02. The normalized spacial score (nSPS) is 26.7. The highest BCUT2D eigenvalue weighted by molar-refractivity contribution is 4.95. The SMILES string of the molecule is CC#CCCNCC1CCCC(C)C1. The van der Waals surface area contributed by atoms with Crippen molar-refractivity contribution in [2.24, 2.45) is 11.8 Å². The second-order valence-electron chi connectivity index (χ2n) is 4.52. The van der Waals surface area contributed by atoms with Crippen molar-refractivity contribution in [3.63, 3.8) is 0 Å². The molecule has 1 saturated carbocycles. The minimum absolute atomic E-state index is 0.924. The summed E-state index contributed by atoms with van der Waals surface area (Å²) in [5.41, 5.74) is 0. The summed E-state index contributed by atoms with van der Waals surface area (Å²) in [6.07, 6.45) is 6.72. The van der Waals surface area contributed by atoms with Crippen molar-refractivity contribution in [3.05, 3.63) is 0 Å². The zero-order chi connectivity index (χ0) is 10.2. The smallest absolute Gasteiger partial charge is 0.0214 e. The van der Waals surface area contributed by atoms with Crippen LogP contribution in [0.2, 0.25) is 0 Å². The Morgan fingerprint density at radius 2 is 2.21 bits per heavy atom. The lowest BCUT2D eigenvalue weighted by Crippen LogP contribution is -2.27. The molecule has 0 aliphatic heterocycles. The van der Waals surface area contributed by atoms with Crippen molar-refractivity contribution in [1.29, 1.82) is 0 Å². The minimum Gasteiger partial charge on any atom is -0.316 e. The molecule has 0 radical (unpaired) electrons. The average molecular weight is 193 g/mol. The van der Waals surface area contributed by atoms with Gasteiger partial charge in [0.1, 0.15) is 0 Å². The Bertz CT molecular complexity index is 199. The van der Waals surface area contributed by atoms with E-state index in [2.05, 4.69) is 24.1 Å². The highest BCUT2D eigenvalue weighted by atomic mass is 14.8. The van der Waals surface area contributed by atoms with Crippen molar-refractivity contribution in [2.75, 3.05) is 13.1 Å². The Morgan fingerprint density at radius 3 is 2.93 bits per heavy atom. The van der Waals surface area contributed by atoms with Crippen LogP contribution in [0.1, 0.15) is 46.0 Å². The van der Waals surface area contributed by atoms with Crippen LogP contribution in [-0.4, -0.2) is 13.1 Å². The van der Waals surface area contributed by atoms with Gasteiger partial charge in [-0.2, -0.15) is 0 Å². The lowest BCUT2D eigenvalue weighted by molar-refractivity contribution is 0.275. The first-order valence-corrected chi connectivity index (χ1v) is 5.93. The summed E-state index contributed by atoms with van der Waals surface area (Å²) in [6.45, 7) is 6.55. The molecule has 0 bridgehead atoms. The number of hydrogen-bond acceptors (Lipinski definition) is 1. The van der Waals surface area contributed by atoms with E-state index in [-0.39, 0.29) is 0 Å². The first-order valence-electron chi connectivity index (χ1n) is 5.93. The molecule has 14 heavy (non-hydrogen) atoms. The summed E-state index contributed by atoms with van der Waals surface area (Å²) in [5.74, 6) is 7.88. The molecule has 1 heteroatoms. The minimum atomic E-state index is 0.924. The molecule has 1 aliphatic carbocycles. The van der Waals surface area contributed by atoms with E-state index in [0.29, 0.717) is 0 Å². The van der Waals surface area contributed by atoms with Gasteiger partial charge in [-0.15, -0.1) is 11.8 Å². The Kier molecular flexibility index (Phi) is 5.71. The molecular formula is C13H23N. The van der Waals surface area contributed by atoms with Gasteiger partial charge in [-0.05, 0) is 38.1 Å². The molecule has 0 amide bonds. The van der Waals surface area contributed by atoms with Crippen LogP contribution >= 0.6 is 0 Å². The van der Waals surface area contributed by atoms with Crippen LogP contribution in [0.25, 0.3) is 0 Å². The molecule has 80 valence electrons. The van der Waals surface area contributed by atoms with E-state index in [1.54, 1.807) is 0 Å². The van der Waals surface area contributed by atoms with Crippen molar-refractivity contribution in [1.82, 2.24) is 5.32 Å². The monoisotopic (exact) mass is 193 g/mol. The van der Waals surface area contributed by atoms with Crippen molar-refractivity contribution >= 4 is 0 Å². The molecule has 0 spiro atoms. The highest BCUT2D eigenvalue weighted by Gasteiger charge is 2.17. The van der Waals surface area contributed by atoms with Crippen molar-refractivity contribution < 1.29 is 0 Å². The first-order chi connectivity index (χ1) is 6.83. The van der Waals surface area contributed by atoms with E-state index in [0.717, 1.165) is 24.8 Å². The third-order valence-corrected chi connectivity index (χ3v) is 3.08. The Morgan fingerprint density at radius 1 is 1.36 bits per heavy atom. The lowest BCUT2D eigenvalue weighted by Gasteiger charge is -2.26. The molecule has 2 unspecified atom stereocenters. The fourth-order valence-corrected chi connectivity index (χ4v) is 2.33. The van der Waals surface area contributed by atoms with Crippen LogP contribution in [0, 0.1) is 23.7 Å². The van der Waals surface area contributed by atoms with E-state index >= 15 is 0 Å². The quantitative estimate of drug-likeness (QED) is 0.535. The van der Waals surface area contributed by atoms with Crippen LogP contribution < -0.4 is 5.32 Å². The topological polar surface area (TPSA) is 12.0 Å². The van der Waals surface area contributed by atoms with E-state index in [9.17, 15) is 0 Å². The number of hydrogen-bond donors (Lipinski definition) is 1. The van der Waals surface area contributed by atoms with Gasteiger partial charge in [0, 0.05) is 13.0 Å². The van der Waals surface area contributed by atoms with E-state index in [1.165, 1.54) is 32.2 Å². The van der Waals surface area contributed by atoms with Gasteiger partial charge in [0.15, 0.2) is 0 Å². The maximum Gasteiger partial charge on any atom is 0.0214 e. The molecule has 1 nitrogen and oxygen atoms in total. The molecular weight excluding hydrogens is 170 g/mol. The van der Waals surface area contributed by atoms with Gasteiger partial charge >= 0.3 is 0 Å². The van der Waals surface area contributed by atoms with Crippen LogP contribution in [-0.2, 0) is 0 Å². The second-order valence-corrected chi connectivity index (χ2v) is 4.52. The van der Waals surface area contributed by atoms with Crippen LogP contribution in [0.3, 0.4) is 0 Å². The summed E-state index contributed by atoms with van der Waals surface area (Å²) < 4.78 is 0. The lowest BCUT2D eigenvalue weighted by atomic mass is 9.82. The fourth-order valence-electron chi connectivity index (χ4n) is 2.33. The Labute approximate surface area is 88.7 Å². The Hall–Kier alpha value is -0.480. The van der Waals surface area contributed by atoms with Gasteiger partial charge in [0.25, 0.3) is 0 Å². The summed E-state index contributed by atoms with van der Waals surface area (Å²) in [7, 11) is 0. The molecule has 1 aliphatic rings. The third-order valence-electron chi connectivity index (χ3n) is 3.08. The molecule has 0 saturated heterocycles.